The molecule has 8 nitrogen and oxygen atoms in total. The van der Waals surface area contributed by atoms with Crippen LogP contribution in [0, 0.1) is 0 Å². The number of methoxy groups -OCH3 is 3. The summed E-state index contributed by atoms with van der Waals surface area (Å²) in [5.74, 6) is 0.150. The minimum absolute atomic E-state index is 0.0452. The fourth-order valence-electron chi connectivity index (χ4n) is 3.11. The lowest BCUT2D eigenvalue weighted by molar-refractivity contribution is -0.140. The molecular formula is C22H22N2O6. The standard InChI is InChI=1S/C22H22N2O6/c1-28-14-8-9-19(29-2)18(12-14)24-13-17(21(26)23-11-10-20(25)30-3)15-6-4-5-7-16(15)22(24)27/h4-9,12-13H,10-11H2,1-3H3,(H,23,26). The molecule has 0 unspecified atom stereocenters. The maximum Gasteiger partial charge on any atom is 0.307 e. The van der Waals surface area contributed by atoms with Crippen molar-refractivity contribution in [2.75, 3.05) is 27.9 Å². The van der Waals surface area contributed by atoms with Gasteiger partial charge in [0, 0.05) is 29.6 Å². The second kappa shape index (κ2) is 9.13. The van der Waals surface area contributed by atoms with Crippen molar-refractivity contribution in [3.63, 3.8) is 0 Å². The fourth-order valence-corrected chi connectivity index (χ4v) is 3.11. The summed E-state index contributed by atoms with van der Waals surface area (Å²) in [6, 6.07) is 11.9. The van der Waals surface area contributed by atoms with E-state index < -0.39 is 11.9 Å². The van der Waals surface area contributed by atoms with Crippen LogP contribution in [0.15, 0.2) is 53.5 Å². The van der Waals surface area contributed by atoms with E-state index in [2.05, 4.69) is 10.1 Å². The Morgan fingerprint density at radius 2 is 1.73 bits per heavy atom. The number of carbonyl (C=O) groups excluding carboxylic acids is 2. The Morgan fingerprint density at radius 3 is 2.40 bits per heavy atom. The molecule has 3 rings (SSSR count). The second-order valence-electron chi connectivity index (χ2n) is 6.38. The molecule has 0 saturated heterocycles. The van der Waals surface area contributed by atoms with Gasteiger partial charge in [-0.05, 0) is 18.2 Å². The van der Waals surface area contributed by atoms with Gasteiger partial charge >= 0.3 is 5.97 Å². The van der Waals surface area contributed by atoms with Crippen LogP contribution in [-0.4, -0.2) is 44.3 Å². The summed E-state index contributed by atoms with van der Waals surface area (Å²) < 4.78 is 16.6. The molecule has 0 aliphatic heterocycles. The van der Waals surface area contributed by atoms with Gasteiger partial charge in [0.05, 0.1) is 39.0 Å². The summed E-state index contributed by atoms with van der Waals surface area (Å²) in [7, 11) is 4.31. The van der Waals surface area contributed by atoms with Crippen molar-refractivity contribution in [2.45, 2.75) is 6.42 Å². The predicted molar refractivity (Wildman–Crippen MR) is 112 cm³/mol. The van der Waals surface area contributed by atoms with Crippen molar-refractivity contribution in [3.8, 4) is 17.2 Å². The van der Waals surface area contributed by atoms with Gasteiger partial charge in [0.15, 0.2) is 0 Å². The molecule has 0 saturated carbocycles. The van der Waals surface area contributed by atoms with E-state index in [0.717, 1.165) is 0 Å². The third kappa shape index (κ3) is 4.12. The largest absolute Gasteiger partial charge is 0.497 e. The molecule has 0 fully saturated rings. The number of pyridine rings is 1. The zero-order valence-electron chi connectivity index (χ0n) is 16.9. The summed E-state index contributed by atoms with van der Waals surface area (Å²) in [5.41, 5.74) is 0.430. The van der Waals surface area contributed by atoms with E-state index in [0.29, 0.717) is 33.5 Å². The molecule has 0 aliphatic carbocycles. The van der Waals surface area contributed by atoms with Crippen molar-refractivity contribution in [1.29, 1.82) is 0 Å². The molecule has 0 bridgehead atoms. The molecule has 2 aromatic carbocycles. The Hall–Kier alpha value is -3.81. The van der Waals surface area contributed by atoms with Crippen LogP contribution in [0.3, 0.4) is 0 Å². The van der Waals surface area contributed by atoms with Crippen LogP contribution < -0.4 is 20.3 Å². The van der Waals surface area contributed by atoms with Crippen molar-refractivity contribution in [2.24, 2.45) is 0 Å². The number of hydrogen-bond donors (Lipinski definition) is 1. The zero-order valence-corrected chi connectivity index (χ0v) is 16.9. The highest BCUT2D eigenvalue weighted by Gasteiger charge is 2.18. The van der Waals surface area contributed by atoms with Gasteiger partial charge in [0.2, 0.25) is 0 Å². The van der Waals surface area contributed by atoms with Crippen LogP contribution in [0.2, 0.25) is 0 Å². The fraction of sp³-hybridized carbons (Fsp3) is 0.227. The minimum atomic E-state index is -0.425. The first-order valence-corrected chi connectivity index (χ1v) is 9.22. The lowest BCUT2D eigenvalue weighted by atomic mass is 10.1. The Balaban J connectivity index is 2.14. The summed E-state index contributed by atoms with van der Waals surface area (Å²) in [6.45, 7) is 0.113. The van der Waals surface area contributed by atoms with E-state index in [-0.39, 0.29) is 18.5 Å². The van der Waals surface area contributed by atoms with Crippen molar-refractivity contribution in [1.82, 2.24) is 9.88 Å². The topological polar surface area (TPSA) is 95.9 Å². The number of nitrogens with one attached hydrogen (secondary N) is 1. The van der Waals surface area contributed by atoms with E-state index in [1.807, 2.05) is 0 Å². The highest BCUT2D eigenvalue weighted by molar-refractivity contribution is 6.06. The third-order valence-electron chi connectivity index (χ3n) is 4.66. The molecule has 8 heteroatoms. The maximum atomic E-state index is 13.2. The first-order chi connectivity index (χ1) is 14.5. The van der Waals surface area contributed by atoms with Crippen LogP contribution >= 0.6 is 0 Å². The van der Waals surface area contributed by atoms with Crippen LogP contribution in [0.5, 0.6) is 11.5 Å². The third-order valence-corrected chi connectivity index (χ3v) is 4.66. The molecule has 1 N–H and O–H groups in total. The second-order valence-corrected chi connectivity index (χ2v) is 6.38. The average Bonchev–Trinajstić information content (AvgIpc) is 2.78. The van der Waals surface area contributed by atoms with E-state index in [4.69, 9.17) is 9.47 Å². The van der Waals surface area contributed by atoms with Crippen molar-refractivity contribution < 1.29 is 23.8 Å². The van der Waals surface area contributed by atoms with E-state index in [1.165, 1.54) is 32.1 Å². The Bertz CT molecular complexity index is 1150. The van der Waals surface area contributed by atoms with Crippen LogP contribution in [-0.2, 0) is 9.53 Å². The molecule has 1 heterocycles. The van der Waals surface area contributed by atoms with Crippen molar-refractivity contribution in [3.05, 3.63) is 64.6 Å². The Morgan fingerprint density at radius 1 is 1.00 bits per heavy atom. The number of hydrogen-bond acceptors (Lipinski definition) is 6. The van der Waals surface area contributed by atoms with Gasteiger partial charge in [-0.3, -0.25) is 19.0 Å². The van der Waals surface area contributed by atoms with Crippen LogP contribution in [0.25, 0.3) is 16.5 Å². The molecule has 0 spiro atoms. The van der Waals surface area contributed by atoms with Gasteiger partial charge in [-0.15, -0.1) is 0 Å². The highest BCUT2D eigenvalue weighted by atomic mass is 16.5. The van der Waals surface area contributed by atoms with Crippen molar-refractivity contribution >= 4 is 22.6 Å². The minimum Gasteiger partial charge on any atom is -0.497 e. The molecule has 30 heavy (non-hydrogen) atoms. The summed E-state index contributed by atoms with van der Waals surface area (Å²) in [6.07, 6.45) is 1.51. The van der Waals surface area contributed by atoms with E-state index >= 15 is 0 Å². The average molecular weight is 410 g/mol. The number of aromatic nitrogens is 1. The van der Waals surface area contributed by atoms with Gasteiger partial charge in [-0.1, -0.05) is 18.2 Å². The number of amides is 1. The highest BCUT2D eigenvalue weighted by Crippen LogP contribution is 2.28. The first-order valence-electron chi connectivity index (χ1n) is 9.22. The number of fused-ring (bicyclic) bond motifs is 1. The van der Waals surface area contributed by atoms with Gasteiger partial charge in [-0.2, -0.15) is 0 Å². The Kier molecular flexibility index (Phi) is 6.36. The molecule has 1 aromatic heterocycles. The van der Waals surface area contributed by atoms with Gasteiger partial charge in [0.1, 0.15) is 11.5 Å². The van der Waals surface area contributed by atoms with E-state index in [9.17, 15) is 14.4 Å². The quantitative estimate of drug-likeness (QED) is 0.601. The number of benzene rings is 2. The first kappa shape index (κ1) is 20.9. The summed E-state index contributed by atoms with van der Waals surface area (Å²) >= 11 is 0. The number of esters is 1. The van der Waals surface area contributed by atoms with Gasteiger partial charge in [-0.25, -0.2) is 0 Å². The molecule has 3 aromatic rings. The van der Waals surface area contributed by atoms with E-state index in [1.54, 1.807) is 42.5 Å². The summed E-state index contributed by atoms with van der Waals surface area (Å²) in [4.78, 5) is 37.4. The van der Waals surface area contributed by atoms with Crippen LogP contribution in [0.4, 0.5) is 0 Å². The molecule has 1 amide bonds. The smallest absolute Gasteiger partial charge is 0.307 e. The monoisotopic (exact) mass is 410 g/mol. The van der Waals surface area contributed by atoms with Gasteiger partial charge < -0.3 is 19.5 Å². The molecular weight excluding hydrogens is 388 g/mol. The van der Waals surface area contributed by atoms with Crippen LogP contribution in [0.1, 0.15) is 16.8 Å². The van der Waals surface area contributed by atoms with Gasteiger partial charge in [0.25, 0.3) is 11.5 Å². The number of rotatable bonds is 7. The predicted octanol–water partition coefficient (Wildman–Crippen LogP) is 2.30. The Labute approximate surface area is 173 Å². The number of carbonyl (C=O) groups is 2. The lowest BCUT2D eigenvalue weighted by Gasteiger charge is -2.15. The molecule has 0 aliphatic rings. The number of ether oxygens (including phenoxy) is 3. The molecule has 0 atom stereocenters. The molecule has 0 radical (unpaired) electrons. The lowest BCUT2D eigenvalue weighted by Crippen LogP contribution is -2.29. The normalized spacial score (nSPS) is 10.5. The number of nitrogens with zero attached hydrogens (tertiary/aromatic N) is 1. The maximum absolute atomic E-state index is 13.2. The zero-order chi connectivity index (χ0) is 21.7. The molecule has 156 valence electrons. The SMILES string of the molecule is COC(=O)CCNC(=O)c1cn(-c2cc(OC)ccc2OC)c(=O)c2ccccc12. The summed E-state index contributed by atoms with van der Waals surface area (Å²) in [5, 5.41) is 3.58.